The van der Waals surface area contributed by atoms with Crippen LogP contribution in [0.25, 0.3) is 11.8 Å². The molecule has 144 valence electrons. The number of imide groups is 1. The summed E-state index contributed by atoms with van der Waals surface area (Å²) in [6.45, 7) is 1.37. The van der Waals surface area contributed by atoms with E-state index in [0.29, 0.717) is 11.4 Å². The minimum Gasteiger partial charge on any atom is -0.465 e. The van der Waals surface area contributed by atoms with Gasteiger partial charge in [0, 0.05) is 29.7 Å². The smallest absolute Gasteiger partial charge is 0.326 e. The Kier molecular flexibility index (Phi) is 5.59. The molecule has 10 heteroatoms. The van der Waals surface area contributed by atoms with Gasteiger partial charge in [0.25, 0.3) is 16.8 Å². The molecular weight excluding hydrogens is 386 g/mol. The molecule has 1 aliphatic heterocycles. The van der Waals surface area contributed by atoms with Crippen LogP contribution in [-0.4, -0.2) is 44.7 Å². The fourth-order valence-corrected chi connectivity index (χ4v) is 3.41. The Bertz CT molecular complexity index is 979. The number of benzene rings is 1. The summed E-state index contributed by atoms with van der Waals surface area (Å²) in [5.41, 5.74) is 1.24. The fourth-order valence-electron chi connectivity index (χ4n) is 2.59. The van der Waals surface area contributed by atoms with Crippen molar-refractivity contribution in [1.29, 1.82) is 0 Å². The molecule has 0 aliphatic carbocycles. The highest BCUT2D eigenvalue weighted by molar-refractivity contribution is 8.18. The van der Waals surface area contributed by atoms with Gasteiger partial charge in [-0.1, -0.05) is 0 Å². The SMILES string of the molecule is CCOC(=O)CN1C(=O)SC(=Cc2cccn2-c2ccc([N+](=O)[O-])cc2)C1=O. The molecule has 0 unspecified atom stereocenters. The van der Waals surface area contributed by atoms with Crippen LogP contribution in [0.1, 0.15) is 12.6 Å². The van der Waals surface area contributed by atoms with Crippen molar-refractivity contribution < 1.29 is 24.0 Å². The van der Waals surface area contributed by atoms with Crippen LogP contribution < -0.4 is 0 Å². The maximum atomic E-state index is 12.5. The standard InChI is InChI=1S/C18H15N3O6S/c1-2-27-16(22)11-20-17(23)15(28-18(20)24)10-14-4-3-9-19(14)12-5-7-13(8-6-12)21(25)26/h3-10H,2,11H2,1H3. The first-order chi connectivity index (χ1) is 13.4. The molecule has 0 bridgehead atoms. The van der Waals surface area contributed by atoms with Crippen molar-refractivity contribution in [2.75, 3.05) is 13.2 Å². The molecule has 9 nitrogen and oxygen atoms in total. The van der Waals surface area contributed by atoms with E-state index in [-0.39, 0.29) is 17.2 Å². The van der Waals surface area contributed by atoms with Crippen LogP contribution in [0.2, 0.25) is 0 Å². The highest BCUT2D eigenvalue weighted by Gasteiger charge is 2.36. The van der Waals surface area contributed by atoms with Crippen LogP contribution in [0.3, 0.4) is 0 Å². The molecule has 2 aromatic rings. The zero-order valence-electron chi connectivity index (χ0n) is 14.7. The average Bonchev–Trinajstić information content (AvgIpc) is 3.22. The van der Waals surface area contributed by atoms with Gasteiger partial charge in [-0.15, -0.1) is 0 Å². The Morgan fingerprint density at radius 1 is 1.25 bits per heavy atom. The summed E-state index contributed by atoms with van der Waals surface area (Å²) in [6, 6.07) is 9.42. The van der Waals surface area contributed by atoms with Crippen molar-refractivity contribution in [2.45, 2.75) is 6.92 Å². The number of hydrogen-bond acceptors (Lipinski definition) is 7. The van der Waals surface area contributed by atoms with Gasteiger partial charge in [0.15, 0.2) is 0 Å². The van der Waals surface area contributed by atoms with E-state index in [1.54, 1.807) is 42.0 Å². The molecule has 1 aromatic carbocycles. The van der Waals surface area contributed by atoms with Crippen molar-refractivity contribution in [2.24, 2.45) is 0 Å². The summed E-state index contributed by atoms with van der Waals surface area (Å²) in [4.78, 5) is 47.4. The number of thioether (sulfide) groups is 1. The first-order valence-corrected chi connectivity index (χ1v) is 9.05. The molecule has 1 saturated heterocycles. The molecular formula is C18H15N3O6S. The lowest BCUT2D eigenvalue weighted by Gasteiger charge is -2.11. The first kappa shape index (κ1) is 19.4. The number of aromatic nitrogens is 1. The van der Waals surface area contributed by atoms with E-state index in [4.69, 9.17) is 4.74 Å². The number of nitrogens with zero attached hydrogens (tertiary/aromatic N) is 3. The normalized spacial score (nSPS) is 15.3. The van der Waals surface area contributed by atoms with E-state index in [1.807, 2.05) is 0 Å². The van der Waals surface area contributed by atoms with Crippen LogP contribution in [0.15, 0.2) is 47.5 Å². The average molecular weight is 401 g/mol. The summed E-state index contributed by atoms with van der Waals surface area (Å²) in [5.74, 6) is -1.22. The van der Waals surface area contributed by atoms with Gasteiger partial charge in [-0.3, -0.25) is 29.4 Å². The minimum atomic E-state index is -0.652. The maximum Gasteiger partial charge on any atom is 0.326 e. The Labute approximate surface area is 163 Å². The zero-order valence-corrected chi connectivity index (χ0v) is 15.5. The second kappa shape index (κ2) is 8.09. The van der Waals surface area contributed by atoms with E-state index < -0.39 is 28.6 Å². The summed E-state index contributed by atoms with van der Waals surface area (Å²) in [7, 11) is 0. The van der Waals surface area contributed by atoms with Crippen LogP contribution in [0.5, 0.6) is 0 Å². The van der Waals surface area contributed by atoms with Crippen LogP contribution in [0, 0.1) is 10.1 Å². The van der Waals surface area contributed by atoms with Crippen molar-refractivity contribution >= 4 is 40.6 Å². The van der Waals surface area contributed by atoms with Gasteiger partial charge in [0.05, 0.1) is 16.4 Å². The van der Waals surface area contributed by atoms with Gasteiger partial charge in [0.1, 0.15) is 6.54 Å². The third kappa shape index (κ3) is 3.96. The predicted octanol–water partition coefficient (Wildman–Crippen LogP) is 2.98. The minimum absolute atomic E-state index is 0.0301. The molecule has 0 spiro atoms. The number of nitro benzene ring substituents is 1. The Morgan fingerprint density at radius 2 is 1.96 bits per heavy atom. The van der Waals surface area contributed by atoms with Gasteiger partial charge < -0.3 is 9.30 Å². The third-order valence-electron chi connectivity index (χ3n) is 3.86. The number of nitro groups is 1. The molecule has 1 aromatic heterocycles. The van der Waals surface area contributed by atoms with E-state index in [9.17, 15) is 24.5 Å². The van der Waals surface area contributed by atoms with Crippen LogP contribution >= 0.6 is 11.8 Å². The largest absolute Gasteiger partial charge is 0.465 e. The molecule has 2 amide bonds. The highest BCUT2D eigenvalue weighted by Crippen LogP contribution is 2.32. The van der Waals surface area contributed by atoms with Gasteiger partial charge in [-0.2, -0.15) is 0 Å². The van der Waals surface area contributed by atoms with Crippen LogP contribution in [-0.2, 0) is 14.3 Å². The highest BCUT2D eigenvalue weighted by atomic mass is 32.2. The lowest BCUT2D eigenvalue weighted by Crippen LogP contribution is -2.34. The lowest BCUT2D eigenvalue weighted by molar-refractivity contribution is -0.384. The fraction of sp³-hybridized carbons (Fsp3) is 0.167. The molecule has 1 fully saturated rings. The summed E-state index contributed by atoms with van der Waals surface area (Å²) < 4.78 is 6.50. The monoisotopic (exact) mass is 401 g/mol. The van der Waals surface area contributed by atoms with Crippen molar-refractivity contribution in [3.63, 3.8) is 0 Å². The topological polar surface area (TPSA) is 112 Å². The predicted molar refractivity (Wildman–Crippen MR) is 102 cm³/mol. The van der Waals surface area contributed by atoms with Gasteiger partial charge in [-0.25, -0.2) is 0 Å². The molecule has 3 rings (SSSR count). The molecule has 0 saturated carbocycles. The Balaban J connectivity index is 1.84. The molecule has 1 aliphatic rings. The number of esters is 1. The molecule has 2 heterocycles. The first-order valence-electron chi connectivity index (χ1n) is 8.24. The second-order valence-corrected chi connectivity index (χ2v) is 6.64. The Hall–Kier alpha value is -3.40. The van der Waals surface area contributed by atoms with Gasteiger partial charge >= 0.3 is 5.97 Å². The molecule has 28 heavy (non-hydrogen) atoms. The molecule has 0 atom stereocenters. The maximum absolute atomic E-state index is 12.5. The number of carbonyl (C=O) groups excluding carboxylic acids is 3. The number of hydrogen-bond donors (Lipinski definition) is 0. The third-order valence-corrected chi connectivity index (χ3v) is 4.77. The molecule has 0 radical (unpaired) electrons. The van der Waals surface area contributed by atoms with Crippen molar-refractivity contribution in [3.8, 4) is 5.69 Å². The van der Waals surface area contributed by atoms with Crippen molar-refractivity contribution in [3.05, 3.63) is 63.3 Å². The number of ether oxygens (including phenoxy) is 1. The Morgan fingerprint density at radius 3 is 2.61 bits per heavy atom. The van der Waals surface area contributed by atoms with Gasteiger partial charge in [-0.05, 0) is 49.0 Å². The molecule has 0 N–H and O–H groups in total. The summed E-state index contributed by atoms with van der Waals surface area (Å²) in [6.07, 6.45) is 3.27. The number of non-ortho nitro benzene ring substituents is 1. The van der Waals surface area contributed by atoms with E-state index in [2.05, 4.69) is 0 Å². The number of rotatable bonds is 6. The number of carbonyl (C=O) groups is 3. The quantitative estimate of drug-likeness (QED) is 0.316. The number of amides is 2. The van der Waals surface area contributed by atoms with Crippen molar-refractivity contribution in [1.82, 2.24) is 9.47 Å². The van der Waals surface area contributed by atoms with E-state index >= 15 is 0 Å². The van der Waals surface area contributed by atoms with E-state index in [1.165, 1.54) is 18.2 Å². The zero-order chi connectivity index (χ0) is 20.3. The summed E-state index contributed by atoms with van der Waals surface area (Å²) >= 11 is 0.738. The van der Waals surface area contributed by atoms with E-state index in [0.717, 1.165) is 16.7 Å². The summed E-state index contributed by atoms with van der Waals surface area (Å²) in [5, 5.41) is 10.2. The lowest BCUT2D eigenvalue weighted by atomic mass is 10.2. The van der Waals surface area contributed by atoms with Gasteiger partial charge in [0.2, 0.25) is 0 Å². The second-order valence-electron chi connectivity index (χ2n) is 5.65. The van der Waals surface area contributed by atoms with Crippen LogP contribution in [0.4, 0.5) is 10.5 Å².